The van der Waals surface area contributed by atoms with E-state index in [-0.39, 0.29) is 6.79 Å². The van der Waals surface area contributed by atoms with E-state index in [2.05, 4.69) is 0 Å². The number of methoxy groups -OCH3 is 2. The van der Waals surface area contributed by atoms with Crippen LogP contribution in [0.4, 0.5) is 0 Å². The maximum atomic E-state index is 12.2. The zero-order valence-electron chi connectivity index (χ0n) is 13.5. The first-order valence-corrected chi connectivity index (χ1v) is 8.16. The molecule has 0 saturated heterocycles. The minimum atomic E-state index is -0.400. The van der Waals surface area contributed by atoms with Gasteiger partial charge in [0.25, 0.3) is 0 Å². The molecule has 120 valence electrons. The third-order valence-electron chi connectivity index (χ3n) is 3.36. The Morgan fingerprint density at radius 3 is 2.52 bits per heavy atom. The molecule has 2 aromatic carbocycles. The molecule has 0 fully saturated rings. The predicted molar refractivity (Wildman–Crippen MR) is 94.5 cm³/mol. The Balaban J connectivity index is 2.33. The lowest BCUT2D eigenvalue weighted by atomic mass is 9.88. The molecule has 0 saturated carbocycles. The van der Waals surface area contributed by atoms with Gasteiger partial charge in [-0.3, -0.25) is 0 Å². The molecule has 0 N–H and O–H groups in total. The summed E-state index contributed by atoms with van der Waals surface area (Å²) in [7, 11) is 4.89. The van der Waals surface area contributed by atoms with Crippen molar-refractivity contribution >= 4 is 31.0 Å². The topological polar surface area (TPSA) is 44.8 Å². The SMILES string of the molecule is Bc1ccc(OCOC)c(C(=O)OC)c1CSc1ccccc1. The molecule has 0 aliphatic rings. The van der Waals surface area contributed by atoms with Crippen molar-refractivity contribution in [3.05, 3.63) is 53.6 Å². The second-order valence-corrected chi connectivity index (χ2v) is 5.93. The fourth-order valence-electron chi connectivity index (χ4n) is 2.16. The number of carbonyl (C=O) groups excluding carboxylic acids is 1. The van der Waals surface area contributed by atoms with Crippen molar-refractivity contribution in [3.8, 4) is 5.75 Å². The second-order valence-electron chi connectivity index (χ2n) is 4.88. The summed E-state index contributed by atoms with van der Waals surface area (Å²) in [6.07, 6.45) is 0. The van der Waals surface area contributed by atoms with E-state index >= 15 is 0 Å². The van der Waals surface area contributed by atoms with E-state index < -0.39 is 5.97 Å². The number of hydrogen-bond acceptors (Lipinski definition) is 5. The molecule has 0 aliphatic carbocycles. The van der Waals surface area contributed by atoms with Crippen molar-refractivity contribution in [1.29, 1.82) is 0 Å². The van der Waals surface area contributed by atoms with E-state index in [1.165, 1.54) is 14.2 Å². The fourth-order valence-corrected chi connectivity index (χ4v) is 3.19. The van der Waals surface area contributed by atoms with Gasteiger partial charge in [0.05, 0.1) is 7.11 Å². The monoisotopic (exact) mass is 330 g/mol. The maximum Gasteiger partial charge on any atom is 0.341 e. The van der Waals surface area contributed by atoms with Gasteiger partial charge in [0.15, 0.2) is 6.79 Å². The van der Waals surface area contributed by atoms with Crippen LogP contribution in [0.5, 0.6) is 5.75 Å². The average molecular weight is 330 g/mol. The van der Waals surface area contributed by atoms with Crippen LogP contribution in [0.15, 0.2) is 47.4 Å². The van der Waals surface area contributed by atoms with Gasteiger partial charge in [0.1, 0.15) is 19.2 Å². The first-order chi connectivity index (χ1) is 11.2. The van der Waals surface area contributed by atoms with Crippen LogP contribution >= 0.6 is 11.8 Å². The number of rotatable bonds is 7. The Kier molecular flexibility index (Phi) is 6.56. The number of ether oxygens (including phenoxy) is 3. The van der Waals surface area contributed by atoms with Crippen LogP contribution in [0.3, 0.4) is 0 Å². The van der Waals surface area contributed by atoms with E-state index in [1.807, 2.05) is 44.2 Å². The summed E-state index contributed by atoms with van der Waals surface area (Å²) in [6, 6.07) is 13.8. The molecule has 23 heavy (non-hydrogen) atoms. The van der Waals surface area contributed by atoms with Crippen LogP contribution in [0.1, 0.15) is 15.9 Å². The van der Waals surface area contributed by atoms with Crippen LogP contribution in [0.2, 0.25) is 0 Å². The molecule has 0 unspecified atom stereocenters. The highest BCUT2D eigenvalue weighted by Crippen LogP contribution is 2.28. The number of hydrogen-bond donors (Lipinski definition) is 0. The molecule has 0 spiro atoms. The van der Waals surface area contributed by atoms with Crippen LogP contribution in [-0.4, -0.2) is 34.8 Å². The van der Waals surface area contributed by atoms with E-state index in [1.54, 1.807) is 17.8 Å². The van der Waals surface area contributed by atoms with Gasteiger partial charge in [0, 0.05) is 17.8 Å². The lowest BCUT2D eigenvalue weighted by molar-refractivity contribution is 0.0464. The largest absolute Gasteiger partial charge is 0.467 e. The first kappa shape index (κ1) is 17.4. The molecule has 0 heterocycles. The molecule has 2 aromatic rings. The molecule has 0 amide bonds. The summed E-state index contributed by atoms with van der Waals surface area (Å²) in [5, 5.41) is 0. The smallest absolute Gasteiger partial charge is 0.341 e. The summed E-state index contributed by atoms with van der Waals surface area (Å²) >= 11 is 1.67. The zero-order chi connectivity index (χ0) is 16.7. The van der Waals surface area contributed by atoms with Crippen LogP contribution < -0.4 is 10.2 Å². The Hall–Kier alpha value is -1.92. The first-order valence-electron chi connectivity index (χ1n) is 7.17. The number of thioether (sulfide) groups is 1. The van der Waals surface area contributed by atoms with Crippen molar-refractivity contribution in [2.75, 3.05) is 21.0 Å². The van der Waals surface area contributed by atoms with Crippen molar-refractivity contribution in [2.45, 2.75) is 10.6 Å². The predicted octanol–water partition coefficient (Wildman–Crippen LogP) is 2.01. The Morgan fingerprint density at radius 2 is 1.87 bits per heavy atom. The normalized spacial score (nSPS) is 10.3. The summed E-state index contributed by atoms with van der Waals surface area (Å²) in [5.74, 6) is 0.737. The molecule has 0 bridgehead atoms. The van der Waals surface area contributed by atoms with Crippen molar-refractivity contribution in [2.24, 2.45) is 0 Å². The van der Waals surface area contributed by atoms with Crippen LogP contribution in [0.25, 0.3) is 0 Å². The van der Waals surface area contributed by atoms with E-state index in [0.29, 0.717) is 17.1 Å². The van der Waals surface area contributed by atoms with Crippen molar-refractivity contribution in [1.82, 2.24) is 0 Å². The average Bonchev–Trinajstić information content (AvgIpc) is 2.59. The molecule has 2 rings (SSSR count). The quantitative estimate of drug-likeness (QED) is 0.336. The number of carbonyl (C=O) groups is 1. The second kappa shape index (κ2) is 8.65. The van der Waals surface area contributed by atoms with Crippen molar-refractivity contribution < 1.29 is 19.0 Å². The van der Waals surface area contributed by atoms with E-state index in [9.17, 15) is 4.79 Å². The lowest BCUT2D eigenvalue weighted by Gasteiger charge is -2.16. The highest BCUT2D eigenvalue weighted by molar-refractivity contribution is 7.98. The Morgan fingerprint density at radius 1 is 1.13 bits per heavy atom. The van der Waals surface area contributed by atoms with Crippen LogP contribution in [0, 0.1) is 0 Å². The summed E-state index contributed by atoms with van der Waals surface area (Å²) < 4.78 is 15.4. The maximum absolute atomic E-state index is 12.2. The number of benzene rings is 2. The highest BCUT2D eigenvalue weighted by Gasteiger charge is 2.20. The minimum Gasteiger partial charge on any atom is -0.467 e. The molecular weight excluding hydrogens is 311 g/mol. The van der Waals surface area contributed by atoms with Crippen molar-refractivity contribution in [3.63, 3.8) is 0 Å². The minimum absolute atomic E-state index is 0.0817. The van der Waals surface area contributed by atoms with E-state index in [4.69, 9.17) is 14.2 Å². The summed E-state index contributed by atoms with van der Waals surface area (Å²) in [4.78, 5) is 13.4. The summed E-state index contributed by atoms with van der Waals surface area (Å²) in [5.41, 5.74) is 2.41. The fraction of sp³-hybridized carbons (Fsp3) is 0.235. The Bertz CT molecular complexity index is 661. The van der Waals surface area contributed by atoms with Gasteiger partial charge in [-0.05, 0) is 23.8 Å². The highest BCUT2D eigenvalue weighted by atomic mass is 32.2. The molecule has 0 aromatic heterocycles. The van der Waals surface area contributed by atoms with Gasteiger partial charge in [-0.15, -0.1) is 11.8 Å². The molecule has 0 radical (unpaired) electrons. The lowest BCUT2D eigenvalue weighted by Crippen LogP contribution is -2.19. The molecule has 0 aliphatic heterocycles. The van der Waals surface area contributed by atoms with E-state index in [0.717, 1.165) is 15.9 Å². The molecular formula is C17H19BO4S. The third kappa shape index (κ3) is 4.53. The number of esters is 1. The van der Waals surface area contributed by atoms with Gasteiger partial charge in [0.2, 0.25) is 0 Å². The molecule has 4 nitrogen and oxygen atoms in total. The van der Waals surface area contributed by atoms with Gasteiger partial charge in [-0.2, -0.15) is 0 Å². The van der Waals surface area contributed by atoms with Crippen LogP contribution in [-0.2, 0) is 15.2 Å². The van der Waals surface area contributed by atoms with Gasteiger partial charge < -0.3 is 14.2 Å². The Labute approximate surface area is 141 Å². The zero-order valence-corrected chi connectivity index (χ0v) is 14.3. The van der Waals surface area contributed by atoms with Gasteiger partial charge >= 0.3 is 5.97 Å². The van der Waals surface area contributed by atoms with Gasteiger partial charge in [-0.1, -0.05) is 29.7 Å². The standard InChI is InChI=1S/C17H19BO4S/c1-20-11-22-15-9-8-14(18)13(16(15)17(19)21-2)10-23-12-6-4-3-5-7-12/h3-9H,10-11,18H2,1-2H3. The molecule has 6 heteroatoms. The van der Waals surface area contributed by atoms with Gasteiger partial charge in [-0.25, -0.2) is 4.79 Å². The molecule has 0 atom stereocenters. The third-order valence-corrected chi connectivity index (χ3v) is 4.40. The summed E-state index contributed by atoms with van der Waals surface area (Å²) in [6.45, 7) is 0.0817.